The Hall–Kier alpha value is -1.03. The highest BCUT2D eigenvalue weighted by atomic mass is 32.2. The van der Waals surface area contributed by atoms with Gasteiger partial charge < -0.3 is 15.8 Å². The molecular formula is C15H26N2OS. The number of thioether (sulfide) groups is 1. The quantitative estimate of drug-likeness (QED) is 0.559. The molecule has 4 heteroatoms. The molecule has 0 aromatic heterocycles. The van der Waals surface area contributed by atoms with Gasteiger partial charge in [-0.15, -0.1) is 0 Å². The van der Waals surface area contributed by atoms with Crippen molar-refractivity contribution in [1.29, 1.82) is 0 Å². The summed E-state index contributed by atoms with van der Waals surface area (Å²) < 4.78 is 5.70. The molecule has 0 aliphatic rings. The van der Waals surface area contributed by atoms with Gasteiger partial charge in [0.2, 0.25) is 0 Å². The van der Waals surface area contributed by atoms with Crippen molar-refractivity contribution in [2.75, 3.05) is 22.6 Å². The van der Waals surface area contributed by atoms with Crippen molar-refractivity contribution in [2.45, 2.75) is 46.3 Å². The average Bonchev–Trinajstić information content (AvgIpc) is 2.34. The third-order valence-corrected chi connectivity index (χ3v) is 3.66. The highest BCUT2D eigenvalue weighted by molar-refractivity contribution is 7.99. The number of nitrogens with one attached hydrogen (secondary N) is 1. The van der Waals surface area contributed by atoms with Crippen molar-refractivity contribution in [1.82, 2.24) is 0 Å². The van der Waals surface area contributed by atoms with E-state index in [0.29, 0.717) is 11.7 Å². The molecule has 0 spiro atoms. The van der Waals surface area contributed by atoms with Gasteiger partial charge in [-0.25, -0.2) is 0 Å². The maximum Gasteiger partial charge on any atom is 0.144 e. The van der Waals surface area contributed by atoms with Crippen LogP contribution in [0.2, 0.25) is 0 Å². The van der Waals surface area contributed by atoms with Gasteiger partial charge in [0.25, 0.3) is 0 Å². The normalized spacial score (nSPS) is 12.5. The summed E-state index contributed by atoms with van der Waals surface area (Å²) in [6, 6.07) is 6.31. The maximum atomic E-state index is 6.14. The first kappa shape index (κ1) is 16.0. The van der Waals surface area contributed by atoms with Gasteiger partial charge in [0, 0.05) is 6.04 Å². The molecule has 1 rings (SSSR count). The van der Waals surface area contributed by atoms with Crippen LogP contribution in [-0.2, 0) is 0 Å². The molecule has 1 unspecified atom stereocenters. The second-order valence-electron chi connectivity index (χ2n) is 4.91. The lowest BCUT2D eigenvalue weighted by Gasteiger charge is -2.19. The third-order valence-electron chi connectivity index (χ3n) is 2.73. The second kappa shape index (κ2) is 8.20. The predicted molar refractivity (Wildman–Crippen MR) is 87.3 cm³/mol. The minimum Gasteiger partial charge on any atom is -0.489 e. The summed E-state index contributed by atoms with van der Waals surface area (Å²) in [7, 11) is 0. The van der Waals surface area contributed by atoms with E-state index in [1.165, 1.54) is 11.5 Å². The molecule has 108 valence electrons. The van der Waals surface area contributed by atoms with Crippen LogP contribution in [0, 0.1) is 0 Å². The van der Waals surface area contributed by atoms with Gasteiger partial charge in [-0.1, -0.05) is 13.0 Å². The molecule has 0 heterocycles. The monoisotopic (exact) mass is 282 g/mol. The number of hydrogen-bond acceptors (Lipinski definition) is 4. The summed E-state index contributed by atoms with van der Waals surface area (Å²) in [5.41, 5.74) is 7.81. The van der Waals surface area contributed by atoms with Crippen LogP contribution in [0.5, 0.6) is 5.75 Å². The van der Waals surface area contributed by atoms with Crippen LogP contribution in [0.25, 0.3) is 0 Å². The van der Waals surface area contributed by atoms with Crippen LogP contribution in [0.3, 0.4) is 0 Å². The van der Waals surface area contributed by atoms with Gasteiger partial charge in [-0.2, -0.15) is 11.8 Å². The fraction of sp³-hybridized carbons (Fsp3) is 0.600. The van der Waals surface area contributed by atoms with Crippen LogP contribution in [0.1, 0.15) is 34.1 Å². The number of rotatable bonds is 8. The Labute approximate surface area is 121 Å². The van der Waals surface area contributed by atoms with E-state index in [1.807, 2.05) is 43.8 Å². The van der Waals surface area contributed by atoms with E-state index in [9.17, 15) is 0 Å². The molecule has 3 nitrogen and oxygen atoms in total. The number of benzene rings is 1. The predicted octanol–water partition coefficient (Wildman–Crippen LogP) is 4.00. The standard InChI is InChI=1S/C15H26N2OS/c1-5-19-10-9-12(4)17-13-7-6-8-14(15(13)16)18-11(2)3/h6-8,11-12,17H,5,9-10,16H2,1-4H3. The Morgan fingerprint density at radius 1 is 1.32 bits per heavy atom. The van der Waals surface area contributed by atoms with Crippen molar-refractivity contribution < 1.29 is 4.74 Å². The van der Waals surface area contributed by atoms with E-state index in [2.05, 4.69) is 19.2 Å². The number of nitrogen functional groups attached to an aromatic ring is 1. The van der Waals surface area contributed by atoms with Crippen molar-refractivity contribution in [2.24, 2.45) is 0 Å². The molecule has 0 saturated heterocycles. The zero-order valence-corrected chi connectivity index (χ0v) is 13.2. The lowest BCUT2D eigenvalue weighted by atomic mass is 10.2. The highest BCUT2D eigenvalue weighted by Crippen LogP contribution is 2.30. The fourth-order valence-electron chi connectivity index (χ4n) is 1.77. The molecule has 0 aliphatic heterocycles. The van der Waals surface area contributed by atoms with Gasteiger partial charge in [0.1, 0.15) is 5.75 Å². The minimum absolute atomic E-state index is 0.135. The zero-order valence-electron chi connectivity index (χ0n) is 12.4. The number of hydrogen-bond donors (Lipinski definition) is 2. The highest BCUT2D eigenvalue weighted by Gasteiger charge is 2.09. The second-order valence-corrected chi connectivity index (χ2v) is 6.31. The largest absolute Gasteiger partial charge is 0.489 e. The molecule has 0 saturated carbocycles. The molecule has 19 heavy (non-hydrogen) atoms. The molecule has 3 N–H and O–H groups in total. The van der Waals surface area contributed by atoms with E-state index in [1.54, 1.807) is 0 Å². The molecule has 0 amide bonds. The topological polar surface area (TPSA) is 47.3 Å². The van der Waals surface area contributed by atoms with Crippen molar-refractivity contribution >= 4 is 23.1 Å². The number of ether oxygens (including phenoxy) is 1. The molecule has 0 aliphatic carbocycles. The van der Waals surface area contributed by atoms with Crippen molar-refractivity contribution in [3.63, 3.8) is 0 Å². The molecule has 1 aromatic rings. The van der Waals surface area contributed by atoms with Crippen LogP contribution in [0.15, 0.2) is 18.2 Å². The zero-order chi connectivity index (χ0) is 14.3. The number of nitrogens with two attached hydrogens (primary N) is 1. The maximum absolute atomic E-state index is 6.14. The SMILES string of the molecule is CCSCCC(C)Nc1cccc(OC(C)C)c1N. The summed E-state index contributed by atoms with van der Waals surface area (Å²) in [4.78, 5) is 0. The van der Waals surface area contributed by atoms with E-state index < -0.39 is 0 Å². The lowest BCUT2D eigenvalue weighted by Crippen LogP contribution is -2.17. The Bertz CT molecular complexity index is 382. The van der Waals surface area contributed by atoms with Crippen LogP contribution < -0.4 is 15.8 Å². The molecule has 0 fully saturated rings. The Kier molecular flexibility index (Phi) is 6.92. The summed E-state index contributed by atoms with van der Waals surface area (Å²) >= 11 is 1.97. The third kappa shape index (κ3) is 5.64. The van der Waals surface area contributed by atoms with E-state index in [0.717, 1.165) is 17.9 Å². The first-order valence-electron chi connectivity index (χ1n) is 6.94. The molecule has 0 bridgehead atoms. The summed E-state index contributed by atoms with van der Waals surface area (Å²) in [5.74, 6) is 3.11. The van der Waals surface area contributed by atoms with Gasteiger partial charge in [0.15, 0.2) is 0 Å². The fourth-order valence-corrected chi connectivity index (χ4v) is 2.58. The van der Waals surface area contributed by atoms with E-state index in [-0.39, 0.29) is 6.10 Å². The van der Waals surface area contributed by atoms with Gasteiger partial charge in [-0.05, 0) is 50.8 Å². The Morgan fingerprint density at radius 3 is 2.68 bits per heavy atom. The summed E-state index contributed by atoms with van der Waals surface area (Å²) in [6.07, 6.45) is 1.27. The number of para-hydroxylation sites is 1. The lowest BCUT2D eigenvalue weighted by molar-refractivity contribution is 0.244. The molecule has 1 atom stereocenters. The smallest absolute Gasteiger partial charge is 0.144 e. The average molecular weight is 282 g/mol. The van der Waals surface area contributed by atoms with Crippen LogP contribution in [0.4, 0.5) is 11.4 Å². The Morgan fingerprint density at radius 2 is 2.05 bits per heavy atom. The molecular weight excluding hydrogens is 256 g/mol. The summed E-state index contributed by atoms with van der Waals surface area (Å²) in [6.45, 7) is 8.38. The Balaban J connectivity index is 2.62. The number of anilines is 2. The van der Waals surface area contributed by atoms with E-state index >= 15 is 0 Å². The summed E-state index contributed by atoms with van der Waals surface area (Å²) in [5, 5.41) is 3.46. The molecule has 1 aromatic carbocycles. The first-order valence-corrected chi connectivity index (χ1v) is 8.09. The van der Waals surface area contributed by atoms with Gasteiger partial charge in [-0.3, -0.25) is 0 Å². The van der Waals surface area contributed by atoms with Crippen LogP contribution >= 0.6 is 11.8 Å². The van der Waals surface area contributed by atoms with E-state index in [4.69, 9.17) is 10.5 Å². The van der Waals surface area contributed by atoms with Crippen LogP contribution in [-0.4, -0.2) is 23.7 Å². The first-order chi connectivity index (χ1) is 9.04. The minimum atomic E-state index is 0.135. The molecule has 0 radical (unpaired) electrons. The van der Waals surface area contributed by atoms with Crippen molar-refractivity contribution in [3.8, 4) is 5.75 Å². The van der Waals surface area contributed by atoms with Crippen molar-refractivity contribution in [3.05, 3.63) is 18.2 Å². The van der Waals surface area contributed by atoms with Gasteiger partial charge in [0.05, 0.1) is 17.5 Å². The van der Waals surface area contributed by atoms with Gasteiger partial charge >= 0.3 is 0 Å².